The van der Waals surface area contributed by atoms with Crippen LogP contribution in [0.2, 0.25) is 0 Å². The third kappa shape index (κ3) is 8.34. The van der Waals surface area contributed by atoms with Crippen LogP contribution in [0.3, 0.4) is 0 Å². The number of aliphatic imine (C=N–C) groups is 1. The van der Waals surface area contributed by atoms with Gasteiger partial charge in [-0.05, 0) is 80.5 Å². The van der Waals surface area contributed by atoms with Gasteiger partial charge in [0, 0.05) is 38.1 Å². The van der Waals surface area contributed by atoms with E-state index in [1.807, 2.05) is 26.0 Å². The molecule has 1 saturated heterocycles. The minimum Gasteiger partial charge on any atom is -0.494 e. The minimum atomic E-state index is -5.62. The van der Waals surface area contributed by atoms with Crippen LogP contribution in [0.1, 0.15) is 54.4 Å². The average molecular weight is 676 g/mol. The molecule has 0 unspecified atom stereocenters. The molecule has 1 amide bonds. The van der Waals surface area contributed by atoms with Gasteiger partial charge in [0.2, 0.25) is 10.0 Å². The number of hydrogen-bond acceptors (Lipinski definition) is 7. The number of alkyl halides is 5. The highest BCUT2D eigenvalue weighted by Crippen LogP contribution is 2.39. The van der Waals surface area contributed by atoms with Gasteiger partial charge in [-0.2, -0.15) is 22.0 Å². The second kappa shape index (κ2) is 14.2. The summed E-state index contributed by atoms with van der Waals surface area (Å²) in [5.41, 5.74) is 2.04. The Balaban J connectivity index is 1.33. The number of aliphatic hydroxyl groups excluding tert-OH is 1. The van der Waals surface area contributed by atoms with Gasteiger partial charge in [-0.3, -0.25) is 9.79 Å². The summed E-state index contributed by atoms with van der Waals surface area (Å²) in [6.45, 7) is 4.05. The maximum absolute atomic E-state index is 13.3. The topological polar surface area (TPSA) is 118 Å². The highest BCUT2D eigenvalue weighted by atomic mass is 32.2. The smallest absolute Gasteiger partial charge is 0.453 e. The molecule has 0 saturated carbocycles. The van der Waals surface area contributed by atoms with Crippen LogP contribution in [0.4, 0.5) is 22.0 Å². The predicted molar refractivity (Wildman–Crippen MR) is 161 cm³/mol. The number of carbonyl (C=O) groups is 1. The predicted octanol–water partition coefficient (Wildman–Crippen LogP) is 4.70. The summed E-state index contributed by atoms with van der Waals surface area (Å²) in [6.07, 6.45) is -6.38. The molecule has 0 aliphatic carbocycles. The minimum absolute atomic E-state index is 0.0312. The number of ether oxygens (including phenoxy) is 2. The summed E-state index contributed by atoms with van der Waals surface area (Å²) >= 11 is 0. The lowest BCUT2D eigenvalue weighted by Gasteiger charge is -2.34. The van der Waals surface area contributed by atoms with E-state index in [1.54, 1.807) is 12.1 Å². The molecule has 0 radical (unpaired) electrons. The molecule has 2 aliphatic rings. The number of nitrogens with zero attached hydrogens (tertiary/aromatic N) is 2. The van der Waals surface area contributed by atoms with Crippen LogP contribution in [0.25, 0.3) is 0 Å². The molecule has 0 bridgehead atoms. The Bertz CT molecular complexity index is 1520. The lowest BCUT2D eigenvalue weighted by atomic mass is 9.89. The molecule has 0 atom stereocenters. The molecule has 15 heteroatoms. The summed E-state index contributed by atoms with van der Waals surface area (Å²) in [4.78, 5) is 17.7. The first-order valence-corrected chi connectivity index (χ1v) is 16.6. The quantitative estimate of drug-likeness (QED) is 0.222. The number of piperidine rings is 1. The first-order chi connectivity index (χ1) is 21.6. The number of sulfonamides is 1. The van der Waals surface area contributed by atoms with Gasteiger partial charge >= 0.3 is 12.1 Å². The number of carbonyl (C=O) groups excluding carboxylic acids is 1. The van der Waals surface area contributed by atoms with E-state index < -0.39 is 40.5 Å². The Morgan fingerprint density at radius 3 is 2.24 bits per heavy atom. The van der Waals surface area contributed by atoms with Crippen molar-refractivity contribution >= 4 is 21.8 Å². The summed E-state index contributed by atoms with van der Waals surface area (Å²) in [6, 6.07) is 9.93. The third-order valence-electron chi connectivity index (χ3n) is 8.20. The van der Waals surface area contributed by atoms with Crippen LogP contribution in [0.5, 0.6) is 11.5 Å². The molecular formula is C31H38F5N3O6S. The van der Waals surface area contributed by atoms with Gasteiger partial charge in [0.25, 0.3) is 5.91 Å². The van der Waals surface area contributed by atoms with E-state index in [4.69, 9.17) is 14.6 Å². The fraction of sp³-hybridized carbons (Fsp3) is 0.548. The van der Waals surface area contributed by atoms with Crippen molar-refractivity contribution in [1.29, 1.82) is 0 Å². The number of nitrogens with one attached hydrogen (secondary N) is 1. The molecule has 1 fully saturated rings. The molecule has 1 spiro atoms. The Kier molecular flexibility index (Phi) is 11.0. The van der Waals surface area contributed by atoms with E-state index in [0.29, 0.717) is 30.8 Å². The standard InChI is InChI=1S/C31H38F5N3O6S/c1-21-18-25(45-16-5-14-40)19-22(2)26(21)8-17-46(42,43)39-12-10-29(11-13-39)28(41)37-27(38-29)23-6-3-7-24(20-23)44-15-4-9-30(32,33)31(34,35)36/h3,6-7,18-20,40H,4-5,8-17H2,1-2H3,(H,37,38,41). The summed E-state index contributed by atoms with van der Waals surface area (Å²) in [5.74, 6) is -4.16. The normalized spacial score (nSPS) is 17.2. The zero-order chi connectivity index (χ0) is 33.8. The van der Waals surface area contributed by atoms with E-state index in [2.05, 4.69) is 10.3 Å². The van der Waals surface area contributed by atoms with Gasteiger partial charge < -0.3 is 19.9 Å². The number of aryl methyl sites for hydroxylation is 2. The van der Waals surface area contributed by atoms with Crippen LogP contribution in [-0.2, 0) is 21.2 Å². The van der Waals surface area contributed by atoms with Crippen LogP contribution in [0, 0.1) is 13.8 Å². The summed E-state index contributed by atoms with van der Waals surface area (Å²) in [5, 5.41) is 11.7. The van der Waals surface area contributed by atoms with Crippen molar-refractivity contribution in [3.8, 4) is 11.5 Å². The number of benzene rings is 2. The molecule has 4 rings (SSSR count). The molecule has 2 aromatic rings. The number of rotatable bonds is 14. The van der Waals surface area contributed by atoms with E-state index in [9.17, 15) is 35.2 Å². The summed E-state index contributed by atoms with van der Waals surface area (Å²) < 4.78 is 102. The average Bonchev–Trinajstić information content (AvgIpc) is 3.29. The fourth-order valence-corrected chi connectivity index (χ4v) is 6.99. The zero-order valence-corrected chi connectivity index (χ0v) is 26.4. The van der Waals surface area contributed by atoms with Crippen molar-refractivity contribution in [3.05, 3.63) is 58.7 Å². The third-order valence-corrected chi connectivity index (χ3v) is 10.1. The first-order valence-electron chi connectivity index (χ1n) is 15.0. The summed E-state index contributed by atoms with van der Waals surface area (Å²) in [7, 11) is -3.64. The number of amides is 1. The molecule has 2 heterocycles. The molecule has 46 heavy (non-hydrogen) atoms. The van der Waals surface area contributed by atoms with Gasteiger partial charge in [0.1, 0.15) is 22.9 Å². The van der Waals surface area contributed by atoms with Gasteiger partial charge in [0.05, 0.1) is 19.0 Å². The second-order valence-corrected chi connectivity index (χ2v) is 13.6. The SMILES string of the molecule is Cc1cc(OCCCO)cc(C)c1CCS(=O)(=O)N1CCC2(CC1)N=C(c1cccc(OCCCC(F)(F)C(F)(F)F)c1)NC2=O. The molecule has 254 valence electrons. The Labute approximate surface area is 264 Å². The molecule has 2 aliphatic heterocycles. The van der Waals surface area contributed by atoms with Gasteiger partial charge in [0.15, 0.2) is 0 Å². The van der Waals surface area contributed by atoms with Crippen LogP contribution in [0.15, 0.2) is 41.4 Å². The van der Waals surface area contributed by atoms with E-state index in [1.165, 1.54) is 16.4 Å². The Hall–Kier alpha value is -3.30. The zero-order valence-electron chi connectivity index (χ0n) is 25.6. The molecular weight excluding hydrogens is 637 g/mol. The molecule has 9 nitrogen and oxygen atoms in total. The Morgan fingerprint density at radius 2 is 1.61 bits per heavy atom. The molecule has 0 aromatic heterocycles. The van der Waals surface area contributed by atoms with E-state index in [-0.39, 0.29) is 62.4 Å². The number of halogens is 5. The monoisotopic (exact) mass is 675 g/mol. The lowest BCUT2D eigenvalue weighted by Crippen LogP contribution is -2.50. The second-order valence-electron chi connectivity index (χ2n) is 11.6. The lowest BCUT2D eigenvalue weighted by molar-refractivity contribution is -0.284. The van der Waals surface area contributed by atoms with Crippen molar-refractivity contribution in [2.45, 2.75) is 70.0 Å². The maximum atomic E-state index is 13.3. The molecule has 2 aromatic carbocycles. The maximum Gasteiger partial charge on any atom is 0.453 e. The van der Waals surface area contributed by atoms with E-state index >= 15 is 0 Å². The number of amidine groups is 1. The van der Waals surface area contributed by atoms with Gasteiger partial charge in [-0.1, -0.05) is 12.1 Å². The van der Waals surface area contributed by atoms with Crippen molar-refractivity contribution in [2.75, 3.05) is 38.7 Å². The van der Waals surface area contributed by atoms with Crippen LogP contribution >= 0.6 is 0 Å². The van der Waals surface area contributed by atoms with Crippen molar-refractivity contribution in [2.24, 2.45) is 4.99 Å². The Morgan fingerprint density at radius 1 is 0.978 bits per heavy atom. The fourth-order valence-electron chi connectivity index (χ4n) is 5.53. The van der Waals surface area contributed by atoms with Crippen molar-refractivity contribution in [1.82, 2.24) is 9.62 Å². The van der Waals surface area contributed by atoms with Crippen LogP contribution < -0.4 is 14.8 Å². The number of hydrogen-bond donors (Lipinski definition) is 2. The van der Waals surface area contributed by atoms with Crippen molar-refractivity contribution in [3.63, 3.8) is 0 Å². The first kappa shape index (κ1) is 35.6. The highest BCUT2D eigenvalue weighted by Gasteiger charge is 2.56. The largest absolute Gasteiger partial charge is 0.494 e. The molecule has 2 N–H and O–H groups in total. The van der Waals surface area contributed by atoms with Gasteiger partial charge in [-0.25, -0.2) is 12.7 Å². The van der Waals surface area contributed by atoms with E-state index in [0.717, 1.165) is 16.7 Å². The van der Waals surface area contributed by atoms with Gasteiger partial charge in [-0.15, -0.1) is 0 Å². The number of aliphatic hydroxyl groups is 1. The highest BCUT2D eigenvalue weighted by molar-refractivity contribution is 7.89. The van der Waals surface area contributed by atoms with Crippen molar-refractivity contribution < 1.29 is 49.7 Å². The van der Waals surface area contributed by atoms with Crippen LogP contribution in [-0.4, -0.2) is 85.9 Å².